The molecule has 1 aliphatic carbocycles. The van der Waals surface area contributed by atoms with E-state index in [2.05, 4.69) is 28.7 Å². The number of aliphatic hydroxyl groups is 7. The molecule has 0 bridgehead atoms. The second-order valence-electron chi connectivity index (χ2n) is 12.1. The Kier molecular flexibility index (Phi) is 14.6. The van der Waals surface area contributed by atoms with Gasteiger partial charge in [-0.05, 0) is 0 Å². The predicted octanol–water partition coefficient (Wildman–Crippen LogP) is -13.1. The van der Waals surface area contributed by atoms with E-state index < -0.39 is 133 Å². The zero-order valence-electron chi connectivity index (χ0n) is 25.6. The number of hydrogen-bond donors (Lipinski definition) is 15. The topological polar surface area (TPSA) is 436 Å². The lowest BCUT2D eigenvalue weighted by atomic mass is 9.84. The van der Waals surface area contributed by atoms with Crippen LogP contribution in [0.3, 0.4) is 0 Å². The van der Waals surface area contributed by atoms with Crippen LogP contribution in [0, 0.1) is 0 Å². The van der Waals surface area contributed by atoms with Crippen LogP contribution >= 0.6 is 0 Å². The van der Waals surface area contributed by atoms with E-state index in [-0.39, 0.29) is 13.1 Å². The summed E-state index contributed by atoms with van der Waals surface area (Å²) in [6, 6.07) is -3.13. The smallest absolute Gasteiger partial charge is 0.394 e. The summed E-state index contributed by atoms with van der Waals surface area (Å²) in [5.74, 6) is 0. The third kappa shape index (κ3) is 9.67. The molecule has 26 N–H and O–H groups in total. The highest BCUT2D eigenvalue weighted by molar-refractivity contribution is 7.79. The minimum Gasteiger partial charge on any atom is -0.394 e. The van der Waals surface area contributed by atoms with Crippen molar-refractivity contribution in [2.45, 2.75) is 123 Å². The van der Waals surface area contributed by atoms with Crippen LogP contribution in [0.25, 0.3) is 0 Å². The molecule has 24 heteroatoms. The van der Waals surface area contributed by atoms with E-state index in [1.807, 2.05) is 0 Å². The second-order valence-corrected chi connectivity index (χ2v) is 13.0. The zero-order valence-corrected chi connectivity index (χ0v) is 26.4. The molecule has 0 spiro atoms. The summed E-state index contributed by atoms with van der Waals surface area (Å²) < 4.78 is 66.9. The molecule has 1 saturated carbocycles. The van der Waals surface area contributed by atoms with Gasteiger partial charge in [-0.1, -0.05) is 0 Å². The first-order valence-corrected chi connectivity index (χ1v) is 16.4. The highest BCUT2D eigenvalue weighted by Crippen LogP contribution is 2.33. The monoisotopic (exact) mass is 717 g/mol. The molecular weight excluding hydrogens is 664 g/mol. The minimum absolute atomic E-state index is 0.128. The van der Waals surface area contributed by atoms with Gasteiger partial charge in [0.25, 0.3) is 0 Å². The van der Waals surface area contributed by atoms with Crippen molar-refractivity contribution < 1.29 is 110 Å². The Labute approximate surface area is 269 Å². The highest BCUT2D eigenvalue weighted by atomic mass is 32.3. The lowest BCUT2D eigenvalue weighted by Crippen LogP contribution is -2.82. The van der Waals surface area contributed by atoms with Crippen LogP contribution in [0.2, 0.25) is 0 Å². The quantitative estimate of drug-likeness (QED) is 0.0984. The van der Waals surface area contributed by atoms with Gasteiger partial charge in [-0.25, -0.2) is 0 Å². The summed E-state index contributed by atoms with van der Waals surface area (Å²) in [4.78, 5) is 0. The average molecular weight is 718 g/mol. The molecule has 3 aliphatic heterocycles. The molecule has 4 aliphatic rings. The number of nitrogens with two attached hydrogens (primary N) is 1. The zero-order chi connectivity index (χ0) is 35.5. The van der Waals surface area contributed by atoms with E-state index in [4.69, 9.17) is 51.7 Å². The first-order chi connectivity index (χ1) is 21.8. The van der Waals surface area contributed by atoms with E-state index in [1.165, 1.54) is 0 Å². The molecule has 0 aromatic carbocycles. The van der Waals surface area contributed by atoms with Crippen LogP contribution in [-0.4, -0.2) is 189 Å². The maximum absolute atomic E-state index is 11.2. The molecule has 278 valence electrons. The van der Waals surface area contributed by atoms with E-state index >= 15 is 0 Å². The van der Waals surface area contributed by atoms with E-state index in [0.717, 1.165) is 0 Å². The van der Waals surface area contributed by atoms with Gasteiger partial charge in [0.15, 0.2) is 18.6 Å². The molecule has 19 atom stereocenters. The Morgan fingerprint density at radius 2 is 1.11 bits per heavy atom. The Balaban J connectivity index is 0.00000111. The summed E-state index contributed by atoms with van der Waals surface area (Å²) in [5, 5.41) is 73.5. The fraction of sp³-hybridized carbons (Fsp3) is 1.00. The van der Waals surface area contributed by atoms with Crippen LogP contribution < -0.4 is 34.4 Å². The second kappa shape index (κ2) is 16.9. The average Bonchev–Trinajstić information content (AvgIpc) is 3.30. The molecular formula is C23H53N6O17S+5. The molecule has 0 unspecified atom stereocenters. The van der Waals surface area contributed by atoms with Crippen LogP contribution in [0.1, 0.15) is 6.42 Å². The first-order valence-electron chi connectivity index (χ1n) is 15.0. The minimum atomic E-state index is -4.67. The van der Waals surface area contributed by atoms with Gasteiger partial charge in [-0.15, -0.1) is 0 Å². The van der Waals surface area contributed by atoms with Crippen molar-refractivity contribution in [2.24, 2.45) is 5.73 Å². The van der Waals surface area contributed by atoms with Crippen molar-refractivity contribution in [3.05, 3.63) is 0 Å². The van der Waals surface area contributed by atoms with E-state index in [0.29, 0.717) is 6.42 Å². The maximum Gasteiger partial charge on any atom is 0.394 e. The summed E-state index contributed by atoms with van der Waals surface area (Å²) in [5.41, 5.74) is 25.4. The maximum atomic E-state index is 11.2. The Bertz CT molecular complexity index is 1080. The van der Waals surface area contributed by atoms with Crippen LogP contribution in [0.15, 0.2) is 0 Å². The number of aliphatic hydroxyl groups excluding tert-OH is 7. The van der Waals surface area contributed by atoms with Crippen LogP contribution in [-0.2, 0) is 38.8 Å². The van der Waals surface area contributed by atoms with Gasteiger partial charge in [0, 0.05) is 0 Å². The normalized spacial score (nSPS) is 49.3. The number of ether oxygens (including phenoxy) is 6. The molecule has 0 aromatic rings. The Morgan fingerprint density at radius 1 is 0.638 bits per heavy atom. The highest BCUT2D eigenvalue weighted by Gasteiger charge is 2.56. The van der Waals surface area contributed by atoms with Gasteiger partial charge < -0.3 is 98.6 Å². The lowest BCUT2D eigenvalue weighted by Gasteiger charge is -2.45. The fourth-order valence-corrected chi connectivity index (χ4v) is 6.01. The number of quaternary nitrogens is 5. The van der Waals surface area contributed by atoms with Gasteiger partial charge in [-0.2, -0.15) is 8.42 Å². The third-order valence-electron chi connectivity index (χ3n) is 8.70. The summed E-state index contributed by atoms with van der Waals surface area (Å²) >= 11 is 0. The molecule has 0 aromatic heterocycles. The van der Waals surface area contributed by atoms with Gasteiger partial charge in [-0.3, -0.25) is 9.11 Å². The summed E-state index contributed by atoms with van der Waals surface area (Å²) in [6.07, 6.45) is -17.5. The van der Waals surface area contributed by atoms with Gasteiger partial charge in [0.1, 0.15) is 98.4 Å². The third-order valence-corrected chi connectivity index (χ3v) is 8.70. The van der Waals surface area contributed by atoms with Crippen molar-refractivity contribution in [3.8, 4) is 0 Å². The molecule has 0 amide bonds. The predicted molar refractivity (Wildman–Crippen MR) is 146 cm³/mol. The van der Waals surface area contributed by atoms with Crippen molar-refractivity contribution in [2.75, 3.05) is 19.7 Å². The molecule has 3 saturated heterocycles. The standard InChI is InChI=1S/C23H46N6O13.H2O4S/c24-2-7-13(32)15(34)10(28)21(37-7)40-18-6(27)1-5(26)12(31)20(18)42-23-17(36)19(9(4-30)39-23)41-22-11(29)16(35)14(33)8(3-25)38-22;1-5(2,3)4/h5-23,30-36H,1-4,24-29H2;(H2,1,2,3,4)/p+5/t5-,6+,7-,8+,9-,10-,11-,12+,13-,14-,15-,16-,17-,18-,19-,20-,21-,22-,23+;/m1./s1. The summed E-state index contributed by atoms with van der Waals surface area (Å²) in [7, 11) is -4.67. The number of hydrogen-bond acceptors (Lipinski definition) is 16. The lowest BCUT2D eigenvalue weighted by molar-refractivity contribution is -0.516. The molecule has 4 rings (SSSR count). The van der Waals surface area contributed by atoms with Crippen LogP contribution in [0.5, 0.6) is 0 Å². The largest absolute Gasteiger partial charge is 0.394 e. The first kappa shape index (κ1) is 40.5. The van der Waals surface area contributed by atoms with Crippen molar-refractivity contribution in [1.29, 1.82) is 0 Å². The van der Waals surface area contributed by atoms with Crippen LogP contribution in [0.4, 0.5) is 0 Å². The fourth-order valence-electron chi connectivity index (χ4n) is 6.01. The molecule has 0 radical (unpaired) electrons. The Hall–Kier alpha value is -0.890. The molecule has 3 heterocycles. The Morgan fingerprint density at radius 3 is 1.64 bits per heavy atom. The SMILES string of the molecule is N[C@H]1[C@@H](O[C@H]2[C@H](O[C@@H]3O[C@H](CO)[C@@H](O[C@H]4O[C@@H](C[NH3+])[C@@H](O)[C@H](O)[C@H]4[NH3+])[C@H]3O)[C@@H](O)[C@H]([NH3+])C[C@@H]2[NH3+])O[C@H](C[NH3+])[C@@H](O)[C@@H]1O.O=S(=O)(O)O. The summed E-state index contributed by atoms with van der Waals surface area (Å²) in [6.45, 7) is -0.327. The van der Waals surface area contributed by atoms with Gasteiger partial charge in [0.05, 0.1) is 19.1 Å². The molecule has 23 nitrogen and oxygen atoms in total. The van der Waals surface area contributed by atoms with Gasteiger partial charge in [0.2, 0.25) is 6.29 Å². The molecule has 47 heavy (non-hydrogen) atoms. The van der Waals surface area contributed by atoms with E-state index in [9.17, 15) is 35.7 Å². The van der Waals surface area contributed by atoms with Crippen molar-refractivity contribution in [1.82, 2.24) is 0 Å². The van der Waals surface area contributed by atoms with Gasteiger partial charge >= 0.3 is 10.4 Å². The van der Waals surface area contributed by atoms with Crippen molar-refractivity contribution >= 4 is 10.4 Å². The van der Waals surface area contributed by atoms with Crippen molar-refractivity contribution in [3.63, 3.8) is 0 Å². The number of rotatable bonds is 9. The van der Waals surface area contributed by atoms with E-state index in [1.54, 1.807) is 0 Å². The molecule has 4 fully saturated rings.